The molecular formula is C38H68IN3O7S. The van der Waals surface area contributed by atoms with Gasteiger partial charge in [-0.15, -0.1) is 4.37 Å². The van der Waals surface area contributed by atoms with Crippen LogP contribution in [0, 0.1) is 0 Å². The molecule has 0 N–H and O–H groups in total. The molecule has 2 unspecified atom stereocenters. The highest BCUT2D eigenvalue weighted by molar-refractivity contribution is 14.1. The molecule has 12 heteroatoms. The number of ether oxygens (including phenoxy) is 3. The molecule has 1 aliphatic heterocycles. The summed E-state index contributed by atoms with van der Waals surface area (Å²) in [5.41, 5.74) is 2.02. The first kappa shape index (κ1) is 48.2. The summed E-state index contributed by atoms with van der Waals surface area (Å²) in [5.74, 6) is -0.509. The zero-order valence-electron chi connectivity index (χ0n) is 32.1. The number of esters is 2. The Morgan fingerprint density at radius 3 is 1.96 bits per heavy atom. The molecule has 0 saturated heterocycles. The van der Waals surface area contributed by atoms with Gasteiger partial charge in [0.15, 0.2) is 0 Å². The summed E-state index contributed by atoms with van der Waals surface area (Å²) in [4.78, 5) is 32.5. The zero-order chi connectivity index (χ0) is 37.5. The quantitative estimate of drug-likeness (QED) is 0.0312. The lowest BCUT2D eigenvalue weighted by Crippen LogP contribution is -2.56. The second kappa shape index (κ2) is 31.9. The predicted molar refractivity (Wildman–Crippen MR) is 210 cm³/mol. The van der Waals surface area contributed by atoms with Crippen molar-refractivity contribution >= 4 is 57.8 Å². The zero-order valence-corrected chi connectivity index (χ0v) is 35.1. The molecule has 0 aliphatic carbocycles. The summed E-state index contributed by atoms with van der Waals surface area (Å²) in [6.07, 6.45) is 22.3. The van der Waals surface area contributed by atoms with E-state index >= 15 is 0 Å². The Morgan fingerprint density at radius 2 is 1.40 bits per heavy atom. The third-order valence-electron chi connectivity index (χ3n) is 8.38. The first-order chi connectivity index (χ1) is 24.1. The summed E-state index contributed by atoms with van der Waals surface area (Å²) in [6.45, 7) is 12.7. The minimum absolute atomic E-state index is 0.0219. The van der Waals surface area contributed by atoms with Gasteiger partial charge in [0.1, 0.15) is 12.2 Å². The van der Waals surface area contributed by atoms with Crippen LogP contribution in [0.5, 0.6) is 5.88 Å². The third-order valence-corrected chi connectivity index (χ3v) is 9.66. The molecule has 2 atom stereocenters. The van der Waals surface area contributed by atoms with Crippen LogP contribution in [0.4, 0.5) is 0 Å². The van der Waals surface area contributed by atoms with E-state index in [0.29, 0.717) is 36.4 Å². The van der Waals surface area contributed by atoms with Crippen molar-refractivity contribution in [2.75, 3.05) is 37.8 Å². The van der Waals surface area contributed by atoms with Crippen LogP contribution in [0.1, 0.15) is 162 Å². The number of likely N-dealkylation sites (N-methyl/N-ethyl adjacent to an activating group) is 1. The van der Waals surface area contributed by atoms with Crippen LogP contribution >= 0.6 is 34.3 Å². The standard InChI is InChI=1S/C25H44N3O3S.C11H21IO2.C2H4O2/c1-5-8-10-12-13-17-23(29)31-22(7-3)28(4)18-15-16-21(20-28)24-25(27-32-26-24)30-19-14-11-9-6-2;1-2-3-4-5-6-8-11(13)14-10-7-9-12;1-2(3)4/h16,22H,5-15,17-20H2,1-4H3;2-10H2,1H3;1H3,(H,3,4)/q+1;;/p-1. The van der Waals surface area contributed by atoms with Crippen molar-refractivity contribution < 1.29 is 38.2 Å². The Bertz CT molecular complexity index is 1050. The first-order valence-corrected chi connectivity index (χ1v) is 21.4. The van der Waals surface area contributed by atoms with Gasteiger partial charge in [-0.3, -0.25) is 14.1 Å². The van der Waals surface area contributed by atoms with Gasteiger partial charge in [0.05, 0.1) is 38.5 Å². The van der Waals surface area contributed by atoms with E-state index < -0.39 is 5.97 Å². The van der Waals surface area contributed by atoms with Crippen molar-refractivity contribution in [1.29, 1.82) is 0 Å². The number of quaternary nitrogens is 1. The molecular weight excluding hydrogens is 769 g/mol. The number of carboxylic acids is 1. The van der Waals surface area contributed by atoms with Crippen LogP contribution < -0.4 is 9.84 Å². The summed E-state index contributed by atoms with van der Waals surface area (Å²) in [5, 5.41) is 8.89. The lowest BCUT2D eigenvalue weighted by molar-refractivity contribution is -0.947. The number of alkyl halides is 1. The molecule has 0 fully saturated rings. The predicted octanol–water partition coefficient (Wildman–Crippen LogP) is 8.84. The molecule has 10 nitrogen and oxygen atoms in total. The molecule has 1 aromatic rings. The molecule has 0 aromatic carbocycles. The molecule has 0 saturated carbocycles. The van der Waals surface area contributed by atoms with Crippen LogP contribution in [-0.2, 0) is 23.9 Å². The molecule has 0 radical (unpaired) electrons. The van der Waals surface area contributed by atoms with Gasteiger partial charge in [-0.1, -0.05) is 127 Å². The average Bonchev–Trinajstić information content (AvgIpc) is 3.56. The number of carbonyl (C=O) groups is 3. The highest BCUT2D eigenvalue weighted by atomic mass is 127. The topological polar surface area (TPSA) is 128 Å². The SMILES string of the molecule is CC(=O)[O-].CCCCCCCC(=O)OC(CC)[N+]1(C)CCC=C(c2nsnc2OCCCCCC)C1.CCCCCCCC(=O)OCCCI. The van der Waals surface area contributed by atoms with E-state index in [0.717, 1.165) is 87.1 Å². The van der Waals surface area contributed by atoms with Gasteiger partial charge < -0.3 is 24.1 Å². The summed E-state index contributed by atoms with van der Waals surface area (Å²) in [7, 11) is 2.20. The third kappa shape index (κ3) is 24.4. The van der Waals surface area contributed by atoms with Gasteiger partial charge in [0, 0.05) is 41.7 Å². The number of unbranched alkanes of at least 4 members (excludes halogenated alkanes) is 11. The lowest BCUT2D eigenvalue weighted by Gasteiger charge is -2.42. The maximum absolute atomic E-state index is 12.5. The molecule has 0 amide bonds. The number of carbonyl (C=O) groups excluding carboxylic acids is 3. The molecule has 1 aliphatic rings. The van der Waals surface area contributed by atoms with Crippen molar-refractivity contribution in [1.82, 2.24) is 8.75 Å². The molecule has 290 valence electrons. The van der Waals surface area contributed by atoms with E-state index in [2.05, 4.69) is 72.2 Å². The van der Waals surface area contributed by atoms with Gasteiger partial charge in [-0.25, -0.2) is 0 Å². The monoisotopic (exact) mass is 837 g/mol. The maximum Gasteiger partial charge on any atom is 0.310 e. The smallest absolute Gasteiger partial charge is 0.310 e. The Balaban J connectivity index is 0.00000111. The van der Waals surface area contributed by atoms with Crippen LogP contribution in [0.2, 0.25) is 0 Å². The van der Waals surface area contributed by atoms with Crippen LogP contribution in [0.3, 0.4) is 0 Å². The highest BCUT2D eigenvalue weighted by Gasteiger charge is 2.38. The van der Waals surface area contributed by atoms with Crippen molar-refractivity contribution in [3.8, 4) is 5.88 Å². The Kier molecular flexibility index (Phi) is 30.7. The number of nitrogens with zero attached hydrogens (tertiary/aromatic N) is 3. The number of halogens is 1. The summed E-state index contributed by atoms with van der Waals surface area (Å²) in [6, 6.07) is 0. The molecule has 1 aromatic heterocycles. The highest BCUT2D eigenvalue weighted by Crippen LogP contribution is 2.32. The second-order valence-electron chi connectivity index (χ2n) is 13.1. The number of aromatic nitrogens is 2. The normalized spacial score (nSPS) is 15.8. The number of carboxylic acid groups (broad SMARTS) is 1. The van der Waals surface area contributed by atoms with Gasteiger partial charge in [0.2, 0.25) is 6.23 Å². The first-order valence-electron chi connectivity index (χ1n) is 19.2. The minimum atomic E-state index is -1.08. The second-order valence-corrected chi connectivity index (χ2v) is 14.7. The Labute approximate surface area is 321 Å². The molecule has 0 spiro atoms. The maximum atomic E-state index is 12.5. The van der Waals surface area contributed by atoms with Gasteiger partial charge in [0.25, 0.3) is 5.88 Å². The summed E-state index contributed by atoms with van der Waals surface area (Å²) >= 11 is 3.50. The minimum Gasteiger partial charge on any atom is -0.550 e. The fraction of sp³-hybridized carbons (Fsp3) is 0.816. The van der Waals surface area contributed by atoms with Crippen LogP contribution in [-0.4, -0.2) is 75.1 Å². The van der Waals surface area contributed by atoms with Crippen molar-refractivity contribution in [3.63, 3.8) is 0 Å². The molecule has 2 rings (SSSR count). The lowest BCUT2D eigenvalue weighted by atomic mass is 10.0. The molecule has 50 heavy (non-hydrogen) atoms. The van der Waals surface area contributed by atoms with Crippen molar-refractivity contribution in [2.45, 2.75) is 163 Å². The largest absolute Gasteiger partial charge is 0.550 e. The fourth-order valence-electron chi connectivity index (χ4n) is 5.57. The van der Waals surface area contributed by atoms with Crippen LogP contribution in [0.15, 0.2) is 6.08 Å². The van der Waals surface area contributed by atoms with E-state index in [-0.39, 0.29) is 18.2 Å². The van der Waals surface area contributed by atoms with Gasteiger partial charge >= 0.3 is 11.9 Å². The Hall–Kier alpha value is -1.80. The molecule has 0 bridgehead atoms. The van der Waals surface area contributed by atoms with Crippen molar-refractivity contribution in [2.24, 2.45) is 0 Å². The number of rotatable bonds is 25. The number of hydrogen-bond acceptors (Lipinski definition) is 10. The van der Waals surface area contributed by atoms with Crippen molar-refractivity contribution in [3.05, 3.63) is 11.8 Å². The van der Waals surface area contributed by atoms with E-state index in [1.165, 1.54) is 69.5 Å². The van der Waals surface area contributed by atoms with Gasteiger partial charge in [-0.2, -0.15) is 4.37 Å². The molecule has 2 heterocycles. The number of hydrogen-bond donors (Lipinski definition) is 0. The van der Waals surface area contributed by atoms with Crippen LogP contribution in [0.25, 0.3) is 5.57 Å². The van der Waals surface area contributed by atoms with E-state index in [1.807, 2.05) is 0 Å². The number of aliphatic carboxylic acids is 1. The summed E-state index contributed by atoms with van der Waals surface area (Å²) < 4.78 is 27.7. The fourth-order valence-corrected chi connectivity index (χ4v) is 6.42. The van der Waals surface area contributed by atoms with Gasteiger partial charge in [-0.05, 0) is 32.6 Å². The Morgan fingerprint density at radius 1 is 0.840 bits per heavy atom. The van der Waals surface area contributed by atoms with E-state index in [9.17, 15) is 9.59 Å². The van der Waals surface area contributed by atoms with E-state index in [4.69, 9.17) is 24.1 Å². The average molecular weight is 838 g/mol. The van der Waals surface area contributed by atoms with E-state index in [1.54, 1.807) is 0 Å².